The lowest BCUT2D eigenvalue weighted by molar-refractivity contribution is -0.118. The second-order valence-corrected chi connectivity index (χ2v) is 8.90. The summed E-state index contributed by atoms with van der Waals surface area (Å²) in [6.45, 7) is 10.5. The number of carbonyl (C=O) groups is 1. The van der Waals surface area contributed by atoms with Gasteiger partial charge in [-0.2, -0.15) is 0 Å². The predicted octanol–water partition coefficient (Wildman–Crippen LogP) is 4.21. The molecule has 0 atom stereocenters. The van der Waals surface area contributed by atoms with Gasteiger partial charge in [-0.15, -0.1) is 0 Å². The number of para-hydroxylation sites is 1. The molecule has 1 amide bonds. The molecule has 3 rings (SSSR count). The van der Waals surface area contributed by atoms with Gasteiger partial charge in [-0.1, -0.05) is 39.0 Å². The summed E-state index contributed by atoms with van der Waals surface area (Å²) in [6, 6.07) is 8.57. The number of carbonyl (C=O) groups excluding carboxylic acids is 1. The highest BCUT2D eigenvalue weighted by Crippen LogP contribution is 2.45. The molecule has 132 valence electrons. The van der Waals surface area contributed by atoms with E-state index in [0.717, 1.165) is 25.2 Å². The molecule has 1 spiro atoms. The zero-order chi connectivity index (χ0) is 17.4. The second kappa shape index (κ2) is 6.51. The molecule has 0 unspecified atom stereocenters. The Morgan fingerprint density at radius 1 is 1.08 bits per heavy atom. The van der Waals surface area contributed by atoms with Gasteiger partial charge in [0.05, 0.1) is 0 Å². The van der Waals surface area contributed by atoms with Crippen LogP contribution in [0.3, 0.4) is 0 Å². The normalized spacial score (nSPS) is 21.7. The van der Waals surface area contributed by atoms with Gasteiger partial charge in [-0.3, -0.25) is 4.79 Å². The van der Waals surface area contributed by atoms with Crippen LogP contribution in [0.1, 0.15) is 58.4 Å². The van der Waals surface area contributed by atoms with E-state index < -0.39 is 0 Å². The third-order valence-corrected chi connectivity index (χ3v) is 6.02. The van der Waals surface area contributed by atoms with Crippen LogP contribution >= 0.6 is 0 Å². The van der Waals surface area contributed by atoms with Crippen molar-refractivity contribution >= 4 is 11.6 Å². The second-order valence-electron chi connectivity index (χ2n) is 8.90. The lowest BCUT2D eigenvalue weighted by Crippen LogP contribution is -2.43. The van der Waals surface area contributed by atoms with E-state index in [0.29, 0.717) is 11.8 Å². The van der Waals surface area contributed by atoms with Crippen LogP contribution in [0.5, 0.6) is 0 Å². The first kappa shape index (κ1) is 17.5. The zero-order valence-electron chi connectivity index (χ0n) is 15.8. The van der Waals surface area contributed by atoms with Crippen molar-refractivity contribution in [2.24, 2.45) is 5.41 Å². The molecule has 0 radical (unpaired) electrons. The van der Waals surface area contributed by atoms with Crippen molar-refractivity contribution in [2.75, 3.05) is 31.6 Å². The molecule has 0 bridgehead atoms. The number of fused-ring (bicyclic) bond motifs is 2. The Bertz CT molecular complexity index is 594. The molecule has 3 nitrogen and oxygen atoms in total. The molecule has 2 aliphatic heterocycles. The molecule has 24 heavy (non-hydrogen) atoms. The van der Waals surface area contributed by atoms with Gasteiger partial charge in [0.15, 0.2) is 0 Å². The number of rotatable bonds is 2. The maximum absolute atomic E-state index is 12.4. The first-order valence-corrected chi connectivity index (χ1v) is 9.39. The van der Waals surface area contributed by atoms with E-state index in [4.69, 9.17) is 0 Å². The summed E-state index contributed by atoms with van der Waals surface area (Å²) in [4.78, 5) is 16.9. The van der Waals surface area contributed by atoms with Crippen molar-refractivity contribution in [3.63, 3.8) is 0 Å². The SMILES string of the molecule is CN1C(=O)CCC2(CCN(CCC(C)(C)C)CC2)c2ccccc21. The highest BCUT2D eigenvalue weighted by Gasteiger charge is 2.40. The van der Waals surface area contributed by atoms with Crippen LogP contribution < -0.4 is 4.90 Å². The van der Waals surface area contributed by atoms with Crippen LogP contribution in [-0.2, 0) is 10.2 Å². The number of hydrogen-bond donors (Lipinski definition) is 0. The summed E-state index contributed by atoms with van der Waals surface area (Å²) >= 11 is 0. The van der Waals surface area contributed by atoms with Gasteiger partial charge in [0, 0.05) is 24.6 Å². The molecular formula is C21H32N2O. The summed E-state index contributed by atoms with van der Waals surface area (Å²) in [7, 11) is 1.93. The molecule has 0 aliphatic carbocycles. The summed E-state index contributed by atoms with van der Waals surface area (Å²) in [5.41, 5.74) is 3.12. The topological polar surface area (TPSA) is 23.6 Å². The van der Waals surface area contributed by atoms with Gasteiger partial charge < -0.3 is 9.80 Å². The molecule has 1 saturated heterocycles. The molecule has 0 saturated carbocycles. The van der Waals surface area contributed by atoms with E-state index in [1.54, 1.807) is 0 Å². The van der Waals surface area contributed by atoms with Crippen molar-refractivity contribution in [1.82, 2.24) is 4.90 Å². The van der Waals surface area contributed by atoms with Crippen molar-refractivity contribution in [3.8, 4) is 0 Å². The lowest BCUT2D eigenvalue weighted by Gasteiger charge is -2.43. The molecular weight excluding hydrogens is 296 g/mol. The zero-order valence-corrected chi connectivity index (χ0v) is 15.8. The standard InChI is InChI=1S/C21H32N2O/c1-20(2,3)11-14-23-15-12-21(13-16-23)10-9-19(24)22(4)18-8-6-5-7-17(18)21/h5-8H,9-16H2,1-4H3. The lowest BCUT2D eigenvalue weighted by atomic mass is 9.69. The summed E-state index contributed by atoms with van der Waals surface area (Å²) in [5, 5.41) is 0. The number of piperidine rings is 1. The highest BCUT2D eigenvalue weighted by molar-refractivity contribution is 5.94. The molecule has 2 heterocycles. The van der Waals surface area contributed by atoms with E-state index in [2.05, 4.69) is 49.9 Å². The number of benzene rings is 1. The van der Waals surface area contributed by atoms with E-state index in [9.17, 15) is 4.79 Å². The van der Waals surface area contributed by atoms with Crippen LogP contribution in [0.15, 0.2) is 24.3 Å². The third kappa shape index (κ3) is 3.51. The van der Waals surface area contributed by atoms with Gasteiger partial charge in [0.25, 0.3) is 0 Å². The van der Waals surface area contributed by atoms with E-state index in [1.807, 2.05) is 11.9 Å². The number of amides is 1. The van der Waals surface area contributed by atoms with Crippen LogP contribution in [0.2, 0.25) is 0 Å². The Morgan fingerprint density at radius 3 is 2.42 bits per heavy atom. The first-order valence-electron chi connectivity index (χ1n) is 9.39. The van der Waals surface area contributed by atoms with Crippen molar-refractivity contribution in [2.45, 2.75) is 58.3 Å². The van der Waals surface area contributed by atoms with Crippen LogP contribution in [0, 0.1) is 5.41 Å². The summed E-state index contributed by atoms with van der Waals surface area (Å²) in [6.07, 6.45) is 5.27. The van der Waals surface area contributed by atoms with Crippen molar-refractivity contribution < 1.29 is 4.79 Å². The minimum atomic E-state index is 0.190. The van der Waals surface area contributed by atoms with Crippen molar-refractivity contribution in [1.29, 1.82) is 0 Å². The fourth-order valence-corrected chi connectivity index (χ4v) is 4.22. The maximum Gasteiger partial charge on any atom is 0.226 e. The number of anilines is 1. The fourth-order valence-electron chi connectivity index (χ4n) is 4.22. The average Bonchev–Trinajstić information content (AvgIpc) is 2.66. The van der Waals surface area contributed by atoms with Crippen molar-refractivity contribution in [3.05, 3.63) is 29.8 Å². The Morgan fingerprint density at radius 2 is 1.75 bits per heavy atom. The third-order valence-electron chi connectivity index (χ3n) is 6.02. The van der Waals surface area contributed by atoms with Gasteiger partial charge in [0.1, 0.15) is 0 Å². The Balaban J connectivity index is 1.77. The molecule has 1 aromatic rings. The summed E-state index contributed by atoms with van der Waals surface area (Å²) < 4.78 is 0. The van der Waals surface area contributed by atoms with Gasteiger partial charge in [-0.25, -0.2) is 0 Å². The molecule has 0 aromatic heterocycles. The Hall–Kier alpha value is -1.35. The Kier molecular flexibility index (Phi) is 4.74. The minimum Gasteiger partial charge on any atom is -0.315 e. The first-order chi connectivity index (χ1) is 11.3. The van der Waals surface area contributed by atoms with Gasteiger partial charge >= 0.3 is 0 Å². The highest BCUT2D eigenvalue weighted by atomic mass is 16.2. The number of nitrogens with zero attached hydrogens (tertiary/aromatic N) is 2. The molecule has 1 fully saturated rings. The maximum atomic E-state index is 12.4. The molecule has 0 N–H and O–H groups in total. The quantitative estimate of drug-likeness (QED) is 0.812. The van der Waals surface area contributed by atoms with E-state index in [1.165, 1.54) is 31.4 Å². The summed E-state index contributed by atoms with van der Waals surface area (Å²) in [5.74, 6) is 0.259. The Labute approximate surface area is 147 Å². The van der Waals surface area contributed by atoms with Crippen LogP contribution in [0.25, 0.3) is 0 Å². The molecule has 3 heteroatoms. The van der Waals surface area contributed by atoms with E-state index >= 15 is 0 Å². The van der Waals surface area contributed by atoms with Crippen LogP contribution in [-0.4, -0.2) is 37.5 Å². The van der Waals surface area contributed by atoms with Gasteiger partial charge in [-0.05, 0) is 62.4 Å². The van der Waals surface area contributed by atoms with Gasteiger partial charge in [0.2, 0.25) is 5.91 Å². The largest absolute Gasteiger partial charge is 0.315 e. The minimum absolute atomic E-state index is 0.190. The average molecular weight is 328 g/mol. The van der Waals surface area contributed by atoms with E-state index in [-0.39, 0.29) is 11.3 Å². The number of likely N-dealkylation sites (tertiary alicyclic amines) is 1. The molecule has 2 aliphatic rings. The smallest absolute Gasteiger partial charge is 0.226 e. The molecule has 1 aromatic carbocycles. The predicted molar refractivity (Wildman–Crippen MR) is 101 cm³/mol. The van der Waals surface area contributed by atoms with Crippen LogP contribution in [0.4, 0.5) is 5.69 Å². The number of hydrogen-bond acceptors (Lipinski definition) is 2. The monoisotopic (exact) mass is 328 g/mol. The fraction of sp³-hybridized carbons (Fsp3) is 0.667.